The van der Waals surface area contributed by atoms with E-state index in [1.165, 1.54) is 90.1 Å². The third-order valence-corrected chi connectivity index (χ3v) is 11.5. The Bertz CT molecular complexity index is 2760. The van der Waals surface area contributed by atoms with E-state index < -0.39 is 0 Å². The standard InChI is InChI=1S/C42H25NS2/c1-2-10-26(11-3-1)27-20-22-34-32(24-27)33-25-28(29-14-8-18-39-41(29)30-12-4-6-16-37(30)44-39)21-23-35(33)43(34)36-15-9-19-40-42(36)31-13-5-7-17-38(31)45-40/h1-25H. The minimum absolute atomic E-state index is 1.23. The van der Waals surface area contributed by atoms with Crippen LogP contribution in [0.25, 0.3) is 90.1 Å². The molecule has 0 fully saturated rings. The van der Waals surface area contributed by atoms with Crippen LogP contribution in [0.2, 0.25) is 0 Å². The van der Waals surface area contributed by atoms with Crippen molar-refractivity contribution in [2.24, 2.45) is 0 Å². The van der Waals surface area contributed by atoms with Gasteiger partial charge in [0, 0.05) is 51.1 Å². The largest absolute Gasteiger partial charge is 0.309 e. The molecule has 0 radical (unpaired) electrons. The first kappa shape index (κ1) is 25.1. The topological polar surface area (TPSA) is 4.93 Å². The summed E-state index contributed by atoms with van der Waals surface area (Å²) in [6, 6.07) is 55.9. The van der Waals surface area contributed by atoms with Crippen LogP contribution in [-0.4, -0.2) is 4.57 Å². The molecule has 1 nitrogen and oxygen atoms in total. The average molecular weight is 608 g/mol. The number of benzene rings is 7. The molecule has 0 unspecified atom stereocenters. The summed E-state index contributed by atoms with van der Waals surface area (Å²) in [6.45, 7) is 0. The smallest absolute Gasteiger partial charge is 0.0555 e. The molecule has 210 valence electrons. The van der Waals surface area contributed by atoms with Gasteiger partial charge in [0.05, 0.1) is 16.7 Å². The lowest BCUT2D eigenvalue weighted by Crippen LogP contribution is -1.94. The molecule has 3 aromatic heterocycles. The number of thiophene rings is 2. The third kappa shape index (κ3) is 3.72. The van der Waals surface area contributed by atoms with Crippen LogP contribution in [0.1, 0.15) is 0 Å². The minimum Gasteiger partial charge on any atom is -0.309 e. The molecule has 0 aliphatic heterocycles. The fraction of sp³-hybridized carbons (Fsp3) is 0. The van der Waals surface area contributed by atoms with Gasteiger partial charge in [0.25, 0.3) is 0 Å². The monoisotopic (exact) mass is 607 g/mol. The third-order valence-electron chi connectivity index (χ3n) is 9.21. The summed E-state index contributed by atoms with van der Waals surface area (Å²) in [4.78, 5) is 0. The first-order chi connectivity index (χ1) is 22.3. The number of hydrogen-bond acceptors (Lipinski definition) is 2. The maximum Gasteiger partial charge on any atom is 0.0555 e. The normalized spacial score (nSPS) is 12.0. The average Bonchev–Trinajstić information content (AvgIpc) is 3.77. The molecule has 3 heteroatoms. The lowest BCUT2D eigenvalue weighted by Gasteiger charge is -2.11. The van der Waals surface area contributed by atoms with Gasteiger partial charge in [0.15, 0.2) is 0 Å². The highest BCUT2D eigenvalue weighted by Gasteiger charge is 2.19. The Morgan fingerprint density at radius 2 is 0.911 bits per heavy atom. The minimum atomic E-state index is 1.23. The lowest BCUT2D eigenvalue weighted by atomic mass is 9.97. The van der Waals surface area contributed by atoms with Crippen molar-refractivity contribution < 1.29 is 0 Å². The van der Waals surface area contributed by atoms with Gasteiger partial charge in [0.1, 0.15) is 0 Å². The molecule has 0 amide bonds. The zero-order valence-corrected chi connectivity index (χ0v) is 25.8. The quantitative estimate of drug-likeness (QED) is 0.188. The summed E-state index contributed by atoms with van der Waals surface area (Å²) >= 11 is 3.75. The fourth-order valence-electron chi connectivity index (χ4n) is 7.22. The molecule has 0 N–H and O–H groups in total. The van der Waals surface area contributed by atoms with Gasteiger partial charge in [-0.05, 0) is 76.9 Å². The zero-order chi connectivity index (χ0) is 29.5. The SMILES string of the molecule is c1ccc(-c2ccc3c(c2)c2cc(-c4cccc5sc6ccccc6c45)ccc2n3-c2cccc3sc4ccccc4c23)cc1. The number of rotatable bonds is 3. The zero-order valence-electron chi connectivity index (χ0n) is 24.2. The Hall–Kier alpha value is -5.22. The summed E-state index contributed by atoms with van der Waals surface area (Å²) < 4.78 is 7.80. The first-order valence-electron chi connectivity index (χ1n) is 15.3. The molecule has 0 aliphatic carbocycles. The van der Waals surface area contributed by atoms with Crippen LogP contribution in [0.5, 0.6) is 0 Å². The Kier molecular flexibility index (Phi) is 5.39. The van der Waals surface area contributed by atoms with Crippen LogP contribution >= 0.6 is 22.7 Å². The van der Waals surface area contributed by atoms with E-state index in [1.54, 1.807) is 0 Å². The molecular weight excluding hydrogens is 583 g/mol. The molecule has 0 atom stereocenters. The molecule has 0 saturated carbocycles. The van der Waals surface area contributed by atoms with Crippen molar-refractivity contribution in [3.05, 3.63) is 152 Å². The van der Waals surface area contributed by atoms with Gasteiger partial charge < -0.3 is 4.57 Å². The second-order valence-electron chi connectivity index (χ2n) is 11.7. The van der Waals surface area contributed by atoms with Gasteiger partial charge in [-0.15, -0.1) is 22.7 Å². The van der Waals surface area contributed by atoms with E-state index in [4.69, 9.17) is 0 Å². The van der Waals surface area contributed by atoms with Crippen molar-refractivity contribution in [2.45, 2.75) is 0 Å². The molecule has 7 aromatic carbocycles. The van der Waals surface area contributed by atoms with Gasteiger partial charge in [-0.3, -0.25) is 0 Å². The van der Waals surface area contributed by atoms with Gasteiger partial charge in [-0.1, -0.05) is 97.1 Å². The van der Waals surface area contributed by atoms with Gasteiger partial charge in [0.2, 0.25) is 0 Å². The van der Waals surface area contributed by atoms with E-state index in [0.717, 1.165) is 0 Å². The van der Waals surface area contributed by atoms with Crippen molar-refractivity contribution in [1.29, 1.82) is 0 Å². The highest BCUT2D eigenvalue weighted by atomic mass is 32.1. The molecule has 0 spiro atoms. The van der Waals surface area contributed by atoms with Crippen molar-refractivity contribution in [1.82, 2.24) is 4.57 Å². The fourth-order valence-corrected chi connectivity index (χ4v) is 9.48. The molecule has 0 bridgehead atoms. The van der Waals surface area contributed by atoms with Crippen LogP contribution in [0, 0.1) is 0 Å². The van der Waals surface area contributed by atoms with Gasteiger partial charge in [-0.25, -0.2) is 0 Å². The van der Waals surface area contributed by atoms with Crippen LogP contribution in [0.15, 0.2) is 152 Å². The number of aromatic nitrogens is 1. The second kappa shape index (κ2) is 9.64. The molecule has 3 heterocycles. The van der Waals surface area contributed by atoms with E-state index >= 15 is 0 Å². The van der Waals surface area contributed by atoms with E-state index in [1.807, 2.05) is 22.7 Å². The number of nitrogens with zero attached hydrogens (tertiary/aromatic N) is 1. The van der Waals surface area contributed by atoms with Crippen LogP contribution < -0.4 is 0 Å². The molecule has 45 heavy (non-hydrogen) atoms. The highest BCUT2D eigenvalue weighted by Crippen LogP contribution is 2.44. The molecule has 0 saturated heterocycles. The Balaban J connectivity index is 1.31. The summed E-state index contributed by atoms with van der Waals surface area (Å²) in [5, 5.41) is 7.86. The van der Waals surface area contributed by atoms with Gasteiger partial charge in [-0.2, -0.15) is 0 Å². The maximum atomic E-state index is 2.49. The molecule has 10 aromatic rings. The van der Waals surface area contributed by atoms with Gasteiger partial charge >= 0.3 is 0 Å². The van der Waals surface area contributed by atoms with Crippen molar-refractivity contribution >= 4 is 84.8 Å². The number of fused-ring (bicyclic) bond motifs is 9. The van der Waals surface area contributed by atoms with Crippen LogP contribution in [-0.2, 0) is 0 Å². The van der Waals surface area contributed by atoms with E-state index in [0.29, 0.717) is 0 Å². The van der Waals surface area contributed by atoms with Crippen molar-refractivity contribution in [3.8, 4) is 27.9 Å². The summed E-state index contributed by atoms with van der Waals surface area (Å²) in [7, 11) is 0. The second-order valence-corrected chi connectivity index (χ2v) is 13.9. The first-order valence-corrected chi connectivity index (χ1v) is 16.9. The summed E-state index contributed by atoms with van der Waals surface area (Å²) in [6.07, 6.45) is 0. The lowest BCUT2D eigenvalue weighted by molar-refractivity contribution is 1.20. The predicted molar refractivity (Wildman–Crippen MR) is 197 cm³/mol. The van der Waals surface area contributed by atoms with Crippen molar-refractivity contribution in [2.75, 3.05) is 0 Å². The number of hydrogen-bond donors (Lipinski definition) is 0. The maximum absolute atomic E-state index is 2.49. The Morgan fingerprint density at radius 1 is 0.356 bits per heavy atom. The van der Waals surface area contributed by atoms with Crippen LogP contribution in [0.4, 0.5) is 0 Å². The van der Waals surface area contributed by atoms with E-state index in [2.05, 4.69) is 156 Å². The predicted octanol–water partition coefficient (Wildman–Crippen LogP) is 12.9. The van der Waals surface area contributed by atoms with Crippen molar-refractivity contribution in [3.63, 3.8) is 0 Å². The summed E-state index contributed by atoms with van der Waals surface area (Å²) in [5.41, 5.74) is 8.69. The van der Waals surface area contributed by atoms with Crippen LogP contribution in [0.3, 0.4) is 0 Å². The Morgan fingerprint density at radius 3 is 1.64 bits per heavy atom. The van der Waals surface area contributed by atoms with E-state index in [9.17, 15) is 0 Å². The molecular formula is C42H25NS2. The molecule has 0 aliphatic rings. The Labute approximate surface area is 267 Å². The summed E-state index contributed by atoms with van der Waals surface area (Å²) in [5.74, 6) is 0. The molecule has 10 rings (SSSR count). The van der Waals surface area contributed by atoms with E-state index in [-0.39, 0.29) is 0 Å². The highest BCUT2D eigenvalue weighted by molar-refractivity contribution is 7.26.